The third kappa shape index (κ3) is 9.86. The minimum Gasteiger partial charge on any atom is -0.495 e. The fourth-order valence-electron chi connectivity index (χ4n) is 6.24. The van der Waals surface area contributed by atoms with Gasteiger partial charge in [0.05, 0.1) is 30.9 Å². The van der Waals surface area contributed by atoms with Gasteiger partial charge in [-0.15, -0.1) is 0 Å². The molecule has 0 spiro atoms. The second-order valence-corrected chi connectivity index (χ2v) is 12.9. The Morgan fingerprint density at radius 3 is 2.42 bits per heavy atom. The third-order valence-electron chi connectivity index (χ3n) is 9.19. The zero-order valence-corrected chi connectivity index (χ0v) is 30.0. The number of azide groups is 1. The number of nitrogens with one attached hydrogen (secondary N) is 1. The fraction of sp³-hybridized carbons (Fsp3) is 0.317. The Morgan fingerprint density at radius 2 is 1.73 bits per heavy atom. The average Bonchev–Trinajstić information content (AvgIpc) is 3.61. The molecule has 1 aliphatic heterocycles. The van der Waals surface area contributed by atoms with E-state index in [0.29, 0.717) is 42.9 Å². The Labute approximate surface area is 304 Å². The topological polar surface area (TPSA) is 142 Å². The highest BCUT2D eigenvalue weighted by molar-refractivity contribution is 6.09. The molecule has 0 bridgehead atoms. The number of aryl methyl sites for hydroxylation is 1. The number of ether oxygens (including phenoxy) is 1. The molecule has 1 N–H and O–H groups in total. The summed E-state index contributed by atoms with van der Waals surface area (Å²) >= 11 is 0. The summed E-state index contributed by atoms with van der Waals surface area (Å²) in [7, 11) is 1.64. The van der Waals surface area contributed by atoms with Crippen LogP contribution in [0.25, 0.3) is 28.3 Å². The number of hydrogen-bond donors (Lipinski definition) is 1. The second kappa shape index (κ2) is 18.3. The van der Waals surface area contributed by atoms with Crippen LogP contribution in [0.2, 0.25) is 0 Å². The van der Waals surface area contributed by atoms with Crippen molar-refractivity contribution < 1.29 is 19.1 Å². The molecule has 1 aromatic heterocycles. The van der Waals surface area contributed by atoms with Gasteiger partial charge in [0.15, 0.2) is 5.78 Å². The summed E-state index contributed by atoms with van der Waals surface area (Å²) in [6, 6.07) is 20.3. The van der Waals surface area contributed by atoms with E-state index in [1.165, 1.54) is 6.08 Å². The Balaban J connectivity index is 1.15. The van der Waals surface area contributed by atoms with E-state index in [1.54, 1.807) is 31.6 Å². The van der Waals surface area contributed by atoms with E-state index in [4.69, 9.17) is 10.3 Å². The molecule has 0 saturated carbocycles. The van der Waals surface area contributed by atoms with E-state index >= 15 is 0 Å². The van der Waals surface area contributed by atoms with Crippen molar-refractivity contribution in [2.24, 2.45) is 5.11 Å². The Kier molecular flexibility index (Phi) is 13.2. The predicted molar refractivity (Wildman–Crippen MR) is 203 cm³/mol. The van der Waals surface area contributed by atoms with Gasteiger partial charge < -0.3 is 19.5 Å². The van der Waals surface area contributed by atoms with E-state index in [2.05, 4.69) is 20.3 Å². The highest BCUT2D eigenvalue weighted by Gasteiger charge is 2.28. The molecule has 2 amide bonds. The quantitative estimate of drug-likeness (QED) is 0.0313. The number of unbranched alkanes of at least 4 members (excludes halogenated alkanes) is 3. The zero-order chi connectivity index (χ0) is 36.9. The number of rotatable bonds is 16. The normalized spacial score (nSPS) is 14.3. The minimum atomic E-state index is -0.172. The van der Waals surface area contributed by atoms with Crippen molar-refractivity contribution in [2.75, 3.05) is 26.7 Å². The first kappa shape index (κ1) is 37.3. The van der Waals surface area contributed by atoms with Crippen LogP contribution in [-0.2, 0) is 9.59 Å². The Bertz CT molecular complexity index is 1970. The van der Waals surface area contributed by atoms with Crippen molar-refractivity contribution in [2.45, 2.75) is 58.4 Å². The number of aromatic nitrogens is 2. The number of amides is 2. The summed E-state index contributed by atoms with van der Waals surface area (Å²) in [5, 5.41) is 6.39. The average molecular weight is 700 g/mol. The molecule has 1 atom stereocenters. The van der Waals surface area contributed by atoms with Gasteiger partial charge in [0.2, 0.25) is 11.8 Å². The number of piperidine rings is 1. The maximum atomic E-state index is 13.7. The highest BCUT2D eigenvalue weighted by Crippen LogP contribution is 2.31. The monoisotopic (exact) mass is 699 g/mol. The molecule has 3 aromatic carbocycles. The van der Waals surface area contributed by atoms with Crippen molar-refractivity contribution in [3.05, 3.63) is 135 Å². The highest BCUT2D eigenvalue weighted by atomic mass is 16.5. The summed E-state index contributed by atoms with van der Waals surface area (Å²) in [5.41, 5.74) is 14.6. The standard InChI is InChI=1S/C41H45N7O4/c1-29-27-47(28-44-29)37-20-12-32(26-38(37)52-3)25-36-9-8-24-48(41(36)51)30(2)33-16-18-35(19-17-33)40(50)34-14-10-31(11-15-34)13-21-39(49)43-22-6-4-5-7-23-45-46-42/h10-21,25-28,30H,4-9,22-24H2,1-3H3,(H,43,49)/b21-13+,36-25+. The molecule has 2 heterocycles. The number of nitrogens with zero attached hydrogens (tertiary/aromatic N) is 6. The molecule has 4 aromatic rings. The SMILES string of the molecule is COc1cc(/C=C2\CCCN(C(C)c3ccc(C(=O)c4ccc(/C=C/C(=O)NCCCCCCN=[N+]=[N-])cc4)cc3)C2=O)ccc1-n1cnc(C)c1. The number of carbonyl (C=O) groups is 3. The molecular weight excluding hydrogens is 654 g/mol. The van der Waals surface area contributed by atoms with Crippen LogP contribution in [0.3, 0.4) is 0 Å². The van der Waals surface area contributed by atoms with E-state index < -0.39 is 0 Å². The van der Waals surface area contributed by atoms with Crippen molar-refractivity contribution >= 4 is 29.7 Å². The zero-order valence-electron chi connectivity index (χ0n) is 30.0. The van der Waals surface area contributed by atoms with Crippen LogP contribution in [0.15, 0.2) is 96.0 Å². The van der Waals surface area contributed by atoms with Crippen molar-refractivity contribution in [1.29, 1.82) is 0 Å². The first-order valence-corrected chi connectivity index (χ1v) is 17.7. The van der Waals surface area contributed by atoms with Gasteiger partial charge in [0.25, 0.3) is 0 Å². The lowest BCUT2D eigenvalue weighted by molar-refractivity contribution is -0.130. The number of methoxy groups -OCH3 is 1. The van der Waals surface area contributed by atoms with E-state index in [0.717, 1.165) is 65.7 Å². The molecule has 5 rings (SSSR count). The second-order valence-electron chi connectivity index (χ2n) is 12.9. The molecule has 52 heavy (non-hydrogen) atoms. The first-order chi connectivity index (χ1) is 25.3. The van der Waals surface area contributed by atoms with E-state index in [9.17, 15) is 14.4 Å². The van der Waals surface area contributed by atoms with Gasteiger partial charge in [-0.1, -0.05) is 72.6 Å². The Morgan fingerprint density at radius 1 is 1.02 bits per heavy atom. The Hall–Kier alpha value is -5.93. The molecule has 1 unspecified atom stereocenters. The van der Waals surface area contributed by atoms with E-state index in [-0.39, 0.29) is 23.6 Å². The van der Waals surface area contributed by atoms with Crippen molar-refractivity contribution in [3.63, 3.8) is 0 Å². The predicted octanol–water partition coefficient (Wildman–Crippen LogP) is 8.19. The summed E-state index contributed by atoms with van der Waals surface area (Å²) in [6.07, 6.45) is 14.0. The van der Waals surface area contributed by atoms with Crippen LogP contribution in [0, 0.1) is 6.92 Å². The maximum Gasteiger partial charge on any atom is 0.250 e. The largest absolute Gasteiger partial charge is 0.495 e. The van der Waals surface area contributed by atoms with Gasteiger partial charge >= 0.3 is 0 Å². The van der Waals surface area contributed by atoms with Gasteiger partial charge in [0.1, 0.15) is 5.75 Å². The smallest absolute Gasteiger partial charge is 0.250 e. The molecule has 268 valence electrons. The molecule has 1 fully saturated rings. The lowest BCUT2D eigenvalue weighted by atomic mass is 9.96. The van der Waals surface area contributed by atoms with Gasteiger partial charge in [-0.3, -0.25) is 14.4 Å². The minimum absolute atomic E-state index is 0.00850. The lowest BCUT2D eigenvalue weighted by Crippen LogP contribution is -2.38. The van der Waals surface area contributed by atoms with Gasteiger partial charge in [0, 0.05) is 53.5 Å². The first-order valence-electron chi connectivity index (χ1n) is 17.7. The number of hydrogen-bond acceptors (Lipinski definition) is 6. The van der Waals surface area contributed by atoms with Crippen LogP contribution in [0.5, 0.6) is 5.75 Å². The van der Waals surface area contributed by atoms with Gasteiger partial charge in [-0.25, -0.2) is 4.98 Å². The summed E-state index contributed by atoms with van der Waals surface area (Å²) < 4.78 is 7.58. The molecule has 1 saturated heterocycles. The third-order valence-corrected chi connectivity index (χ3v) is 9.19. The van der Waals surface area contributed by atoms with Crippen LogP contribution in [0.4, 0.5) is 0 Å². The molecule has 11 nitrogen and oxygen atoms in total. The van der Waals surface area contributed by atoms with Crippen LogP contribution in [0.1, 0.15) is 89.8 Å². The number of benzene rings is 3. The summed E-state index contributed by atoms with van der Waals surface area (Å²) in [4.78, 5) is 48.1. The number of imidazole rings is 1. The van der Waals surface area contributed by atoms with E-state index in [1.807, 2.05) is 90.2 Å². The lowest BCUT2D eigenvalue weighted by Gasteiger charge is -2.34. The van der Waals surface area contributed by atoms with Gasteiger partial charge in [-0.05, 0) is 86.0 Å². The van der Waals surface area contributed by atoms with Crippen LogP contribution < -0.4 is 10.1 Å². The fourth-order valence-corrected chi connectivity index (χ4v) is 6.24. The van der Waals surface area contributed by atoms with Crippen LogP contribution >= 0.6 is 0 Å². The molecule has 0 radical (unpaired) electrons. The summed E-state index contributed by atoms with van der Waals surface area (Å²) in [5.74, 6) is 0.432. The van der Waals surface area contributed by atoms with Gasteiger partial charge in [-0.2, -0.15) is 0 Å². The number of ketones is 1. The summed E-state index contributed by atoms with van der Waals surface area (Å²) in [6.45, 7) is 5.71. The molecule has 1 aliphatic rings. The molecule has 11 heteroatoms. The number of carbonyl (C=O) groups excluding carboxylic acids is 3. The maximum absolute atomic E-state index is 13.7. The van der Waals surface area contributed by atoms with Crippen molar-refractivity contribution in [1.82, 2.24) is 19.8 Å². The number of likely N-dealkylation sites (tertiary alicyclic amines) is 1. The molecule has 0 aliphatic carbocycles. The van der Waals surface area contributed by atoms with Crippen LogP contribution in [-0.4, -0.2) is 58.8 Å². The van der Waals surface area contributed by atoms with Crippen molar-refractivity contribution in [3.8, 4) is 11.4 Å². The molecular formula is C41H45N7O4.